The minimum atomic E-state index is 0.603. The number of hydrogen-bond acceptors (Lipinski definition) is 6. The van der Waals surface area contributed by atoms with Crippen molar-refractivity contribution in [2.45, 2.75) is 51.2 Å². The van der Waals surface area contributed by atoms with Crippen LogP contribution in [0.4, 0.5) is 5.82 Å². The largest absolute Gasteiger partial charge is 0.350 e. The van der Waals surface area contributed by atoms with E-state index in [0.717, 1.165) is 37.7 Å². The maximum atomic E-state index is 4.55. The van der Waals surface area contributed by atoms with Crippen molar-refractivity contribution in [1.82, 2.24) is 29.9 Å². The molecule has 128 valence electrons. The molecule has 1 aliphatic heterocycles. The predicted molar refractivity (Wildman–Crippen MR) is 91.8 cm³/mol. The molecule has 0 unspecified atom stereocenters. The lowest BCUT2D eigenvalue weighted by Gasteiger charge is -2.39. The predicted octanol–water partition coefficient (Wildman–Crippen LogP) is 1.51. The molecule has 7 nitrogen and oxygen atoms in total. The Bertz CT molecular complexity index is 645. The first-order valence-electron chi connectivity index (χ1n) is 8.93. The van der Waals surface area contributed by atoms with Crippen LogP contribution >= 0.6 is 0 Å². The molecular weight excluding hydrogens is 302 g/mol. The van der Waals surface area contributed by atoms with Crippen LogP contribution in [0.15, 0.2) is 24.8 Å². The van der Waals surface area contributed by atoms with E-state index in [1.54, 1.807) is 23.5 Å². The molecule has 0 N–H and O–H groups in total. The molecule has 0 spiro atoms. The Balaban J connectivity index is 1.35. The summed E-state index contributed by atoms with van der Waals surface area (Å²) in [6.45, 7) is 6.22. The molecule has 0 amide bonds. The van der Waals surface area contributed by atoms with Gasteiger partial charge < -0.3 is 9.80 Å². The lowest BCUT2D eigenvalue weighted by atomic mass is 10.0. The number of aromatic nitrogens is 5. The molecule has 1 saturated carbocycles. The number of rotatable bonds is 6. The van der Waals surface area contributed by atoms with E-state index in [0.29, 0.717) is 12.1 Å². The second-order valence-electron chi connectivity index (χ2n) is 6.85. The van der Waals surface area contributed by atoms with Gasteiger partial charge >= 0.3 is 0 Å². The van der Waals surface area contributed by atoms with Crippen molar-refractivity contribution >= 4 is 5.82 Å². The standard InChI is InChI=1S/C17H25N7/c1-14-12-17(19-13-18-14)24(15-2-3-15)16-4-8-22(9-5-16)10-11-23-20-6-7-21-23/h6-7,12-13,15-16H,2-5,8-11H2,1H3. The maximum absolute atomic E-state index is 4.55. The summed E-state index contributed by atoms with van der Waals surface area (Å²) >= 11 is 0. The SMILES string of the molecule is Cc1cc(N(C2CC2)C2CCN(CCn3nccn3)CC2)ncn1. The minimum Gasteiger partial charge on any atom is -0.350 e. The first kappa shape index (κ1) is 15.5. The van der Waals surface area contributed by atoms with Crippen LogP contribution in [-0.4, -0.2) is 61.6 Å². The summed E-state index contributed by atoms with van der Waals surface area (Å²) in [6, 6.07) is 3.42. The maximum Gasteiger partial charge on any atom is 0.132 e. The van der Waals surface area contributed by atoms with Gasteiger partial charge in [0, 0.05) is 43.5 Å². The molecule has 4 rings (SSSR count). The second-order valence-corrected chi connectivity index (χ2v) is 6.85. The van der Waals surface area contributed by atoms with Crippen LogP contribution in [0.5, 0.6) is 0 Å². The summed E-state index contributed by atoms with van der Waals surface area (Å²) in [4.78, 5) is 15.7. The first-order chi connectivity index (χ1) is 11.8. The zero-order chi connectivity index (χ0) is 16.4. The summed E-state index contributed by atoms with van der Waals surface area (Å²) in [7, 11) is 0. The summed E-state index contributed by atoms with van der Waals surface area (Å²) in [5, 5.41) is 8.36. The quantitative estimate of drug-likeness (QED) is 0.801. The van der Waals surface area contributed by atoms with Gasteiger partial charge in [-0.15, -0.1) is 0 Å². The number of aryl methyl sites for hydroxylation is 1. The van der Waals surface area contributed by atoms with Crippen LogP contribution in [-0.2, 0) is 6.54 Å². The zero-order valence-electron chi connectivity index (χ0n) is 14.3. The number of hydrogen-bond donors (Lipinski definition) is 0. The fraction of sp³-hybridized carbons (Fsp3) is 0.647. The molecule has 1 aliphatic carbocycles. The third-order valence-corrected chi connectivity index (χ3v) is 5.03. The van der Waals surface area contributed by atoms with Gasteiger partial charge in [-0.3, -0.25) is 0 Å². The zero-order valence-corrected chi connectivity index (χ0v) is 14.3. The van der Waals surface area contributed by atoms with Gasteiger partial charge in [-0.1, -0.05) is 0 Å². The van der Waals surface area contributed by atoms with Crippen LogP contribution in [0, 0.1) is 6.92 Å². The van der Waals surface area contributed by atoms with Crippen molar-refractivity contribution in [2.24, 2.45) is 0 Å². The Labute approximate surface area is 142 Å². The van der Waals surface area contributed by atoms with Gasteiger partial charge in [-0.05, 0) is 32.6 Å². The lowest BCUT2D eigenvalue weighted by Crippen LogP contribution is -2.47. The Kier molecular flexibility index (Phi) is 4.42. The number of piperidine rings is 1. The van der Waals surface area contributed by atoms with Crippen molar-refractivity contribution < 1.29 is 0 Å². The van der Waals surface area contributed by atoms with Crippen LogP contribution in [0.25, 0.3) is 0 Å². The highest BCUT2D eigenvalue weighted by atomic mass is 15.5. The highest BCUT2D eigenvalue weighted by Gasteiger charge is 2.36. The second kappa shape index (κ2) is 6.84. The normalized spacial score (nSPS) is 19.5. The van der Waals surface area contributed by atoms with Crippen molar-refractivity contribution in [2.75, 3.05) is 24.5 Å². The summed E-state index contributed by atoms with van der Waals surface area (Å²) in [6.07, 6.45) is 10.2. The monoisotopic (exact) mass is 327 g/mol. The van der Waals surface area contributed by atoms with Gasteiger partial charge in [0.2, 0.25) is 0 Å². The molecule has 2 aromatic rings. The van der Waals surface area contributed by atoms with E-state index in [2.05, 4.69) is 36.0 Å². The highest BCUT2D eigenvalue weighted by molar-refractivity contribution is 5.43. The first-order valence-corrected chi connectivity index (χ1v) is 8.93. The topological polar surface area (TPSA) is 63.0 Å². The fourth-order valence-corrected chi connectivity index (χ4v) is 3.62. The van der Waals surface area contributed by atoms with Gasteiger partial charge in [0.15, 0.2) is 0 Å². The smallest absolute Gasteiger partial charge is 0.132 e. The Morgan fingerprint density at radius 2 is 1.71 bits per heavy atom. The molecule has 0 atom stereocenters. The third kappa shape index (κ3) is 3.56. The number of nitrogens with zero attached hydrogens (tertiary/aromatic N) is 7. The molecule has 24 heavy (non-hydrogen) atoms. The average molecular weight is 327 g/mol. The van der Waals surface area contributed by atoms with Crippen LogP contribution < -0.4 is 4.90 Å². The Morgan fingerprint density at radius 1 is 1.00 bits per heavy atom. The number of likely N-dealkylation sites (tertiary alicyclic amines) is 1. The Morgan fingerprint density at radius 3 is 2.38 bits per heavy atom. The number of anilines is 1. The molecular formula is C17H25N7. The third-order valence-electron chi connectivity index (χ3n) is 5.03. The van der Waals surface area contributed by atoms with Gasteiger partial charge in [-0.25, -0.2) is 9.97 Å². The van der Waals surface area contributed by atoms with Gasteiger partial charge in [0.25, 0.3) is 0 Å². The molecule has 0 radical (unpaired) electrons. The van der Waals surface area contributed by atoms with Gasteiger partial charge in [-0.2, -0.15) is 15.0 Å². The van der Waals surface area contributed by atoms with Crippen molar-refractivity contribution in [3.05, 3.63) is 30.5 Å². The molecule has 2 aromatic heterocycles. The van der Waals surface area contributed by atoms with E-state index < -0.39 is 0 Å². The summed E-state index contributed by atoms with van der Waals surface area (Å²) in [5.74, 6) is 1.11. The molecule has 2 aliphatic rings. The van der Waals surface area contributed by atoms with Crippen molar-refractivity contribution in [3.8, 4) is 0 Å². The molecule has 0 aromatic carbocycles. The average Bonchev–Trinajstić information content (AvgIpc) is 3.28. The summed E-state index contributed by atoms with van der Waals surface area (Å²) in [5.41, 5.74) is 1.05. The summed E-state index contributed by atoms with van der Waals surface area (Å²) < 4.78 is 0. The van der Waals surface area contributed by atoms with Gasteiger partial charge in [0.05, 0.1) is 18.9 Å². The van der Waals surface area contributed by atoms with E-state index in [9.17, 15) is 0 Å². The van der Waals surface area contributed by atoms with Gasteiger partial charge in [0.1, 0.15) is 12.1 Å². The molecule has 7 heteroatoms. The minimum absolute atomic E-state index is 0.603. The van der Waals surface area contributed by atoms with Crippen LogP contribution in [0.2, 0.25) is 0 Å². The Hall–Kier alpha value is -2.02. The van der Waals surface area contributed by atoms with E-state index in [1.165, 1.54) is 25.7 Å². The van der Waals surface area contributed by atoms with Crippen LogP contribution in [0.3, 0.4) is 0 Å². The van der Waals surface area contributed by atoms with Crippen molar-refractivity contribution in [1.29, 1.82) is 0 Å². The molecule has 2 fully saturated rings. The molecule has 1 saturated heterocycles. The van der Waals surface area contributed by atoms with Crippen molar-refractivity contribution in [3.63, 3.8) is 0 Å². The highest BCUT2D eigenvalue weighted by Crippen LogP contribution is 2.35. The molecule has 0 bridgehead atoms. The van der Waals surface area contributed by atoms with Crippen LogP contribution in [0.1, 0.15) is 31.4 Å². The molecule has 3 heterocycles. The van der Waals surface area contributed by atoms with E-state index in [4.69, 9.17) is 0 Å². The van der Waals surface area contributed by atoms with E-state index in [-0.39, 0.29) is 0 Å². The lowest BCUT2D eigenvalue weighted by molar-refractivity contribution is 0.195. The van der Waals surface area contributed by atoms with E-state index >= 15 is 0 Å². The fourth-order valence-electron chi connectivity index (χ4n) is 3.62. The van der Waals surface area contributed by atoms with E-state index in [1.807, 2.05) is 6.92 Å².